The molecular formula is C13H20N2O3. The van der Waals surface area contributed by atoms with Crippen molar-refractivity contribution in [3.63, 3.8) is 0 Å². The second kappa shape index (κ2) is 4.23. The largest absolute Gasteiger partial charge is 0.379 e. The number of carbonyl (C=O) groups is 2. The first kappa shape index (κ1) is 12.0. The molecule has 0 aromatic carbocycles. The second-order valence-electron chi connectivity index (χ2n) is 5.89. The summed E-state index contributed by atoms with van der Waals surface area (Å²) in [5, 5.41) is 2.95. The highest BCUT2D eigenvalue weighted by atomic mass is 16.5. The molecule has 2 saturated heterocycles. The van der Waals surface area contributed by atoms with E-state index >= 15 is 0 Å². The van der Waals surface area contributed by atoms with Gasteiger partial charge in [-0.15, -0.1) is 0 Å². The Morgan fingerprint density at radius 1 is 1.28 bits per heavy atom. The zero-order chi connectivity index (χ0) is 12.8. The van der Waals surface area contributed by atoms with Crippen molar-refractivity contribution in [2.75, 3.05) is 13.2 Å². The molecule has 18 heavy (non-hydrogen) atoms. The third kappa shape index (κ3) is 1.72. The van der Waals surface area contributed by atoms with Crippen molar-refractivity contribution in [3.8, 4) is 0 Å². The first-order valence-electron chi connectivity index (χ1n) is 6.86. The fourth-order valence-corrected chi connectivity index (χ4v) is 3.29. The Morgan fingerprint density at radius 3 is 2.61 bits per heavy atom. The first-order valence-corrected chi connectivity index (χ1v) is 6.86. The van der Waals surface area contributed by atoms with Gasteiger partial charge in [-0.1, -0.05) is 6.92 Å². The van der Waals surface area contributed by atoms with Crippen molar-refractivity contribution in [1.82, 2.24) is 10.2 Å². The number of rotatable bonds is 1. The maximum absolute atomic E-state index is 12.6. The summed E-state index contributed by atoms with van der Waals surface area (Å²) in [7, 11) is 0. The van der Waals surface area contributed by atoms with Gasteiger partial charge in [0, 0.05) is 6.61 Å². The lowest BCUT2D eigenvalue weighted by Crippen LogP contribution is -2.50. The molecule has 3 rings (SSSR count). The van der Waals surface area contributed by atoms with Crippen molar-refractivity contribution >= 4 is 11.9 Å². The Balaban J connectivity index is 1.79. The molecule has 1 atom stereocenters. The van der Waals surface area contributed by atoms with E-state index in [1.54, 1.807) is 0 Å². The van der Waals surface area contributed by atoms with E-state index in [2.05, 4.69) is 12.2 Å². The van der Waals surface area contributed by atoms with Crippen LogP contribution in [0.5, 0.6) is 0 Å². The lowest BCUT2D eigenvalue weighted by Gasteiger charge is -2.34. The summed E-state index contributed by atoms with van der Waals surface area (Å²) in [5.41, 5.74) is -0.605. The molecule has 1 N–H and O–H groups in total. The van der Waals surface area contributed by atoms with Gasteiger partial charge in [0.25, 0.3) is 5.91 Å². The van der Waals surface area contributed by atoms with Crippen LogP contribution in [0.25, 0.3) is 0 Å². The standard InChI is InChI=1S/C13H20N2O3/c1-9-2-5-13(6-3-9)11(16)15(12(17)14-13)10-4-7-18-8-10/h9-10H,2-8H2,1H3,(H,14,17). The molecule has 0 aromatic heterocycles. The lowest BCUT2D eigenvalue weighted by atomic mass is 9.77. The van der Waals surface area contributed by atoms with Crippen LogP contribution in [0.1, 0.15) is 39.0 Å². The molecule has 2 aliphatic heterocycles. The highest BCUT2D eigenvalue weighted by molar-refractivity contribution is 6.07. The molecule has 3 aliphatic rings. The van der Waals surface area contributed by atoms with Gasteiger partial charge in [0.05, 0.1) is 12.6 Å². The summed E-state index contributed by atoms with van der Waals surface area (Å²) in [6.45, 7) is 3.34. The number of ether oxygens (including phenoxy) is 1. The number of hydrogen-bond acceptors (Lipinski definition) is 3. The summed E-state index contributed by atoms with van der Waals surface area (Å²) in [5.74, 6) is 0.638. The Labute approximate surface area is 107 Å². The third-order valence-corrected chi connectivity index (χ3v) is 4.59. The van der Waals surface area contributed by atoms with Gasteiger partial charge in [0.1, 0.15) is 5.54 Å². The van der Waals surface area contributed by atoms with Crippen molar-refractivity contribution in [2.45, 2.75) is 50.6 Å². The van der Waals surface area contributed by atoms with E-state index in [0.29, 0.717) is 19.1 Å². The van der Waals surface area contributed by atoms with Crippen LogP contribution in [0.3, 0.4) is 0 Å². The normalized spacial score (nSPS) is 40.6. The Morgan fingerprint density at radius 2 is 2.00 bits per heavy atom. The first-order chi connectivity index (χ1) is 8.62. The van der Waals surface area contributed by atoms with Gasteiger partial charge in [0.15, 0.2) is 0 Å². The molecule has 0 bridgehead atoms. The SMILES string of the molecule is CC1CCC2(CC1)NC(=O)N(C1CCOC1)C2=O. The highest BCUT2D eigenvalue weighted by Gasteiger charge is 2.54. The van der Waals surface area contributed by atoms with Crippen LogP contribution in [-0.2, 0) is 9.53 Å². The molecule has 3 amide bonds. The van der Waals surface area contributed by atoms with Crippen LogP contribution in [0.2, 0.25) is 0 Å². The van der Waals surface area contributed by atoms with Crippen molar-refractivity contribution in [2.24, 2.45) is 5.92 Å². The Kier molecular flexibility index (Phi) is 2.81. The summed E-state index contributed by atoms with van der Waals surface area (Å²) in [6.07, 6.45) is 4.36. The predicted molar refractivity (Wildman–Crippen MR) is 65.0 cm³/mol. The molecule has 1 saturated carbocycles. The molecule has 1 unspecified atom stereocenters. The molecule has 3 fully saturated rings. The smallest absolute Gasteiger partial charge is 0.325 e. The summed E-state index contributed by atoms with van der Waals surface area (Å²) in [6, 6.07) is -0.277. The molecule has 100 valence electrons. The van der Waals surface area contributed by atoms with Gasteiger partial charge in [-0.25, -0.2) is 4.79 Å². The maximum atomic E-state index is 12.6. The van der Waals surface area contributed by atoms with Crippen molar-refractivity contribution < 1.29 is 14.3 Å². The number of carbonyl (C=O) groups excluding carboxylic acids is 2. The maximum Gasteiger partial charge on any atom is 0.325 e. The van der Waals surface area contributed by atoms with Crippen LogP contribution < -0.4 is 5.32 Å². The van der Waals surface area contributed by atoms with Gasteiger partial charge in [-0.2, -0.15) is 0 Å². The van der Waals surface area contributed by atoms with Crippen LogP contribution in [0.4, 0.5) is 4.79 Å². The fourth-order valence-electron chi connectivity index (χ4n) is 3.29. The number of hydrogen-bond donors (Lipinski definition) is 1. The third-order valence-electron chi connectivity index (χ3n) is 4.59. The van der Waals surface area contributed by atoms with Crippen LogP contribution in [0, 0.1) is 5.92 Å². The fraction of sp³-hybridized carbons (Fsp3) is 0.846. The Hall–Kier alpha value is -1.10. The van der Waals surface area contributed by atoms with Gasteiger partial charge < -0.3 is 10.1 Å². The van der Waals surface area contributed by atoms with Crippen LogP contribution in [0.15, 0.2) is 0 Å². The van der Waals surface area contributed by atoms with E-state index in [9.17, 15) is 9.59 Å². The number of nitrogens with one attached hydrogen (secondary N) is 1. The average Bonchev–Trinajstić information content (AvgIpc) is 2.92. The van der Waals surface area contributed by atoms with Gasteiger partial charge in [0.2, 0.25) is 0 Å². The number of urea groups is 1. The minimum atomic E-state index is -0.605. The van der Waals surface area contributed by atoms with Crippen molar-refractivity contribution in [1.29, 1.82) is 0 Å². The van der Waals surface area contributed by atoms with E-state index in [1.165, 1.54) is 4.90 Å². The zero-order valence-electron chi connectivity index (χ0n) is 10.8. The molecule has 0 radical (unpaired) electrons. The molecule has 1 spiro atoms. The van der Waals surface area contributed by atoms with Gasteiger partial charge >= 0.3 is 6.03 Å². The average molecular weight is 252 g/mol. The van der Waals surface area contributed by atoms with E-state index in [-0.39, 0.29) is 18.0 Å². The monoisotopic (exact) mass is 252 g/mol. The lowest BCUT2D eigenvalue weighted by molar-refractivity contribution is -0.134. The zero-order valence-corrected chi connectivity index (χ0v) is 10.8. The molecule has 2 heterocycles. The highest BCUT2D eigenvalue weighted by Crippen LogP contribution is 2.37. The van der Waals surface area contributed by atoms with Crippen LogP contribution in [-0.4, -0.2) is 41.6 Å². The second-order valence-corrected chi connectivity index (χ2v) is 5.89. The number of amides is 3. The summed E-state index contributed by atoms with van der Waals surface area (Å²) in [4.78, 5) is 26.1. The minimum absolute atomic E-state index is 0.0186. The molecular weight excluding hydrogens is 232 g/mol. The van der Waals surface area contributed by atoms with Crippen molar-refractivity contribution in [3.05, 3.63) is 0 Å². The predicted octanol–water partition coefficient (Wildman–Crippen LogP) is 1.28. The van der Waals surface area contributed by atoms with E-state index < -0.39 is 5.54 Å². The summed E-state index contributed by atoms with van der Waals surface area (Å²) < 4.78 is 5.29. The summed E-state index contributed by atoms with van der Waals surface area (Å²) >= 11 is 0. The van der Waals surface area contributed by atoms with Gasteiger partial charge in [-0.05, 0) is 38.0 Å². The molecule has 5 nitrogen and oxygen atoms in total. The minimum Gasteiger partial charge on any atom is -0.379 e. The Bertz CT molecular complexity index is 368. The number of nitrogens with zero attached hydrogens (tertiary/aromatic N) is 1. The molecule has 0 aromatic rings. The topological polar surface area (TPSA) is 58.6 Å². The molecule has 5 heteroatoms. The molecule has 1 aliphatic carbocycles. The quantitative estimate of drug-likeness (QED) is 0.715. The van der Waals surface area contributed by atoms with Crippen LogP contribution >= 0.6 is 0 Å². The van der Waals surface area contributed by atoms with Gasteiger partial charge in [-0.3, -0.25) is 9.69 Å². The van der Waals surface area contributed by atoms with E-state index in [4.69, 9.17) is 4.74 Å². The van der Waals surface area contributed by atoms with E-state index in [1.807, 2.05) is 0 Å². The number of imide groups is 1. The van der Waals surface area contributed by atoms with E-state index in [0.717, 1.165) is 32.1 Å².